The normalized spacial score (nSPS) is 12.0. The second kappa shape index (κ2) is 6.67. The first-order chi connectivity index (χ1) is 9.58. The SMILES string of the molecule is CN(C)c1ccc(C(Cl)CN(C)c2ccccc2)cc1. The minimum atomic E-state index is -0.0172. The van der Waals surface area contributed by atoms with Gasteiger partial charge in [-0.25, -0.2) is 0 Å². The Morgan fingerprint density at radius 3 is 2.00 bits per heavy atom. The first kappa shape index (κ1) is 14.7. The summed E-state index contributed by atoms with van der Waals surface area (Å²) in [5.74, 6) is 0. The van der Waals surface area contributed by atoms with Gasteiger partial charge in [0.2, 0.25) is 0 Å². The lowest BCUT2D eigenvalue weighted by Crippen LogP contribution is -2.21. The summed E-state index contributed by atoms with van der Waals surface area (Å²) in [6.07, 6.45) is 0. The molecular formula is C17H21ClN2. The van der Waals surface area contributed by atoms with Crippen LogP contribution in [0, 0.1) is 0 Å². The highest BCUT2D eigenvalue weighted by molar-refractivity contribution is 6.21. The van der Waals surface area contributed by atoms with Crippen molar-refractivity contribution in [1.82, 2.24) is 0 Å². The smallest absolute Gasteiger partial charge is 0.0760 e. The fourth-order valence-corrected chi connectivity index (χ4v) is 2.47. The van der Waals surface area contributed by atoms with Gasteiger partial charge in [0, 0.05) is 39.1 Å². The Kier molecular flexibility index (Phi) is 4.91. The molecule has 0 heterocycles. The van der Waals surface area contributed by atoms with E-state index in [1.807, 2.05) is 32.3 Å². The fraction of sp³-hybridized carbons (Fsp3) is 0.294. The minimum Gasteiger partial charge on any atom is -0.378 e. The monoisotopic (exact) mass is 288 g/mol. The van der Waals surface area contributed by atoms with E-state index in [-0.39, 0.29) is 5.38 Å². The van der Waals surface area contributed by atoms with Gasteiger partial charge in [0.05, 0.1) is 5.38 Å². The molecule has 2 rings (SSSR count). The van der Waals surface area contributed by atoms with Crippen molar-refractivity contribution in [3.05, 3.63) is 60.2 Å². The van der Waals surface area contributed by atoms with Crippen molar-refractivity contribution in [2.45, 2.75) is 5.38 Å². The second-order valence-electron chi connectivity index (χ2n) is 5.17. The van der Waals surface area contributed by atoms with E-state index in [1.54, 1.807) is 0 Å². The average Bonchev–Trinajstić information content (AvgIpc) is 2.48. The summed E-state index contributed by atoms with van der Waals surface area (Å²) in [7, 11) is 6.14. The van der Waals surface area contributed by atoms with Crippen LogP contribution in [0.25, 0.3) is 0 Å². The largest absolute Gasteiger partial charge is 0.378 e. The molecule has 0 fully saturated rings. The molecule has 0 amide bonds. The third kappa shape index (κ3) is 3.67. The van der Waals surface area contributed by atoms with Crippen LogP contribution in [0.5, 0.6) is 0 Å². The van der Waals surface area contributed by atoms with Gasteiger partial charge in [0.1, 0.15) is 0 Å². The van der Waals surface area contributed by atoms with E-state index in [2.05, 4.69) is 53.2 Å². The van der Waals surface area contributed by atoms with Crippen molar-refractivity contribution in [3.63, 3.8) is 0 Å². The summed E-state index contributed by atoms with van der Waals surface area (Å²) in [5.41, 5.74) is 3.53. The molecule has 2 nitrogen and oxygen atoms in total. The molecule has 106 valence electrons. The molecule has 0 spiro atoms. The molecule has 0 saturated heterocycles. The minimum absolute atomic E-state index is 0.0172. The average molecular weight is 289 g/mol. The van der Waals surface area contributed by atoms with Gasteiger partial charge in [-0.2, -0.15) is 0 Å². The fourth-order valence-electron chi connectivity index (χ4n) is 2.12. The Labute approximate surface area is 126 Å². The number of para-hydroxylation sites is 1. The zero-order valence-corrected chi connectivity index (χ0v) is 13.0. The van der Waals surface area contributed by atoms with E-state index in [0.717, 1.165) is 12.1 Å². The van der Waals surface area contributed by atoms with Gasteiger partial charge in [0.15, 0.2) is 0 Å². The van der Waals surface area contributed by atoms with Crippen LogP contribution in [0.3, 0.4) is 0 Å². The van der Waals surface area contributed by atoms with Crippen molar-refractivity contribution >= 4 is 23.0 Å². The summed E-state index contributed by atoms with van der Waals surface area (Å²) < 4.78 is 0. The Morgan fingerprint density at radius 1 is 0.850 bits per heavy atom. The van der Waals surface area contributed by atoms with Crippen LogP contribution >= 0.6 is 11.6 Å². The zero-order chi connectivity index (χ0) is 14.5. The van der Waals surface area contributed by atoms with Crippen LogP contribution in [-0.2, 0) is 0 Å². The Bertz CT molecular complexity index is 522. The maximum atomic E-state index is 6.53. The van der Waals surface area contributed by atoms with Gasteiger partial charge >= 0.3 is 0 Å². The Hall–Kier alpha value is -1.67. The van der Waals surface area contributed by atoms with E-state index >= 15 is 0 Å². The van der Waals surface area contributed by atoms with Crippen LogP contribution in [-0.4, -0.2) is 27.7 Å². The third-order valence-corrected chi connectivity index (χ3v) is 3.79. The molecule has 0 N–H and O–H groups in total. The van der Waals surface area contributed by atoms with Gasteiger partial charge in [-0.3, -0.25) is 0 Å². The Morgan fingerprint density at radius 2 is 1.45 bits per heavy atom. The maximum Gasteiger partial charge on any atom is 0.0760 e. The topological polar surface area (TPSA) is 6.48 Å². The molecule has 0 aliphatic heterocycles. The predicted octanol–water partition coefficient (Wildman–Crippen LogP) is 4.17. The van der Waals surface area contributed by atoms with Crippen molar-refractivity contribution in [2.24, 2.45) is 0 Å². The highest BCUT2D eigenvalue weighted by atomic mass is 35.5. The second-order valence-corrected chi connectivity index (χ2v) is 5.70. The number of anilines is 2. The Balaban J connectivity index is 2.02. The first-order valence-corrected chi connectivity index (χ1v) is 7.19. The number of hydrogen-bond donors (Lipinski definition) is 0. The van der Waals surface area contributed by atoms with Crippen LogP contribution in [0.15, 0.2) is 54.6 Å². The van der Waals surface area contributed by atoms with Gasteiger partial charge in [-0.15, -0.1) is 11.6 Å². The number of likely N-dealkylation sites (N-methyl/N-ethyl adjacent to an activating group) is 1. The van der Waals surface area contributed by atoms with Crippen LogP contribution in [0.1, 0.15) is 10.9 Å². The molecule has 2 aromatic carbocycles. The number of alkyl halides is 1. The van der Waals surface area contributed by atoms with Crippen LogP contribution in [0.2, 0.25) is 0 Å². The highest BCUT2D eigenvalue weighted by Crippen LogP contribution is 2.25. The standard InChI is InChI=1S/C17H21ClN2/c1-19(2)15-11-9-14(10-12-15)17(18)13-20(3)16-7-5-4-6-8-16/h4-12,17H,13H2,1-3H3. The summed E-state index contributed by atoms with van der Waals surface area (Å²) in [4.78, 5) is 4.26. The first-order valence-electron chi connectivity index (χ1n) is 6.75. The molecule has 0 bridgehead atoms. The number of halogens is 1. The summed E-state index contributed by atoms with van der Waals surface area (Å²) >= 11 is 6.53. The van der Waals surface area contributed by atoms with E-state index < -0.39 is 0 Å². The van der Waals surface area contributed by atoms with E-state index in [0.29, 0.717) is 0 Å². The molecule has 0 radical (unpaired) electrons. The quantitative estimate of drug-likeness (QED) is 0.762. The molecule has 0 aliphatic rings. The number of benzene rings is 2. The van der Waals surface area contributed by atoms with Crippen LogP contribution in [0.4, 0.5) is 11.4 Å². The molecule has 1 atom stereocenters. The van der Waals surface area contributed by atoms with E-state index in [1.165, 1.54) is 11.4 Å². The van der Waals surface area contributed by atoms with Gasteiger partial charge in [-0.05, 0) is 29.8 Å². The molecule has 2 aromatic rings. The third-order valence-electron chi connectivity index (χ3n) is 3.40. The maximum absolute atomic E-state index is 6.53. The summed E-state index contributed by atoms with van der Waals surface area (Å²) in [6.45, 7) is 0.785. The van der Waals surface area contributed by atoms with Crippen LogP contribution < -0.4 is 9.80 Å². The van der Waals surface area contributed by atoms with E-state index in [9.17, 15) is 0 Å². The molecule has 0 aliphatic carbocycles. The van der Waals surface area contributed by atoms with Gasteiger partial charge in [0.25, 0.3) is 0 Å². The molecule has 3 heteroatoms. The molecular weight excluding hydrogens is 268 g/mol. The number of rotatable bonds is 5. The lowest BCUT2D eigenvalue weighted by atomic mass is 10.1. The molecule has 20 heavy (non-hydrogen) atoms. The van der Waals surface area contributed by atoms with Crippen molar-refractivity contribution in [1.29, 1.82) is 0 Å². The number of hydrogen-bond acceptors (Lipinski definition) is 2. The van der Waals surface area contributed by atoms with Crippen molar-refractivity contribution in [3.8, 4) is 0 Å². The van der Waals surface area contributed by atoms with Gasteiger partial charge in [-0.1, -0.05) is 30.3 Å². The summed E-state index contributed by atoms with van der Waals surface area (Å²) in [5, 5.41) is -0.0172. The van der Waals surface area contributed by atoms with Crippen molar-refractivity contribution in [2.75, 3.05) is 37.5 Å². The predicted molar refractivity (Wildman–Crippen MR) is 89.1 cm³/mol. The van der Waals surface area contributed by atoms with Crippen molar-refractivity contribution < 1.29 is 0 Å². The summed E-state index contributed by atoms with van der Waals surface area (Å²) in [6, 6.07) is 18.7. The van der Waals surface area contributed by atoms with Gasteiger partial charge < -0.3 is 9.80 Å². The number of nitrogens with zero attached hydrogens (tertiary/aromatic N) is 2. The molecule has 0 aromatic heterocycles. The van der Waals surface area contributed by atoms with E-state index in [4.69, 9.17) is 11.6 Å². The zero-order valence-electron chi connectivity index (χ0n) is 12.3. The lowest BCUT2D eigenvalue weighted by Gasteiger charge is -2.23. The highest BCUT2D eigenvalue weighted by Gasteiger charge is 2.11. The lowest BCUT2D eigenvalue weighted by molar-refractivity contribution is 0.851. The molecule has 0 saturated carbocycles. The molecule has 1 unspecified atom stereocenters.